The fourth-order valence-corrected chi connectivity index (χ4v) is 4.27. The second kappa shape index (κ2) is 10.7. The highest BCUT2D eigenvalue weighted by Gasteiger charge is 2.20. The molecular formula is C28H26FN3O6. The van der Waals surface area contributed by atoms with Gasteiger partial charge in [0.1, 0.15) is 5.82 Å². The molecule has 10 heteroatoms. The number of nitrogens with zero attached hydrogens (tertiary/aromatic N) is 1. The van der Waals surface area contributed by atoms with E-state index in [0.29, 0.717) is 40.5 Å². The minimum Gasteiger partial charge on any atom is -0.493 e. The number of aromatic nitrogens is 1. The number of carbonyl (C=O) groups excluding carboxylic acids is 1. The van der Waals surface area contributed by atoms with Crippen molar-refractivity contribution in [2.24, 2.45) is 0 Å². The van der Waals surface area contributed by atoms with E-state index in [4.69, 9.17) is 18.9 Å². The molecule has 4 aromatic rings. The predicted octanol–water partition coefficient (Wildman–Crippen LogP) is 4.69. The molecule has 0 saturated heterocycles. The van der Waals surface area contributed by atoms with Crippen molar-refractivity contribution in [3.63, 3.8) is 0 Å². The molecule has 1 aliphatic rings. The van der Waals surface area contributed by atoms with Crippen LogP contribution in [-0.2, 0) is 13.0 Å². The number of pyridine rings is 1. The molecule has 0 fully saturated rings. The minimum atomic E-state index is -0.555. The van der Waals surface area contributed by atoms with Crippen molar-refractivity contribution in [2.45, 2.75) is 13.0 Å². The lowest BCUT2D eigenvalue weighted by Crippen LogP contribution is -2.37. The second-order valence-electron chi connectivity index (χ2n) is 8.69. The molecular weight excluding hydrogens is 493 g/mol. The Labute approximate surface area is 217 Å². The molecule has 5 rings (SSSR count). The molecule has 38 heavy (non-hydrogen) atoms. The third-order valence-corrected chi connectivity index (χ3v) is 6.30. The number of para-hydroxylation sites is 1. The molecule has 0 unspecified atom stereocenters. The smallest absolute Gasteiger partial charge is 0.322 e. The number of methoxy groups -OCH3 is 2. The Morgan fingerprint density at radius 1 is 1.03 bits per heavy atom. The Kier molecular flexibility index (Phi) is 7.03. The minimum absolute atomic E-state index is 0.00666. The summed E-state index contributed by atoms with van der Waals surface area (Å²) in [5.74, 6) is 1.74. The molecule has 3 aromatic carbocycles. The van der Waals surface area contributed by atoms with Crippen molar-refractivity contribution in [2.75, 3.05) is 32.9 Å². The third kappa shape index (κ3) is 5.19. The van der Waals surface area contributed by atoms with Crippen LogP contribution in [0.4, 0.5) is 14.9 Å². The van der Waals surface area contributed by atoms with Gasteiger partial charge in [0.2, 0.25) is 6.79 Å². The number of hydrogen-bond acceptors (Lipinski definition) is 6. The van der Waals surface area contributed by atoms with E-state index in [1.165, 1.54) is 17.0 Å². The number of fused-ring (bicyclic) bond motifs is 2. The number of ether oxygens (including phenoxy) is 4. The quantitative estimate of drug-likeness (QED) is 0.350. The molecule has 9 nitrogen and oxygen atoms in total. The van der Waals surface area contributed by atoms with Crippen LogP contribution in [0.2, 0.25) is 0 Å². The molecule has 196 valence electrons. The zero-order valence-electron chi connectivity index (χ0n) is 20.9. The van der Waals surface area contributed by atoms with Crippen molar-refractivity contribution in [1.82, 2.24) is 9.88 Å². The SMILES string of the molecule is COc1ccc(CCN(Cc2cc3cc4c(cc3[nH]c2=O)OCO4)C(=O)Nc2ccccc2F)cc1OC. The van der Waals surface area contributed by atoms with Crippen LogP contribution in [0.3, 0.4) is 0 Å². The summed E-state index contributed by atoms with van der Waals surface area (Å²) in [7, 11) is 3.11. The Morgan fingerprint density at radius 3 is 2.55 bits per heavy atom. The standard InChI is InChI=1S/C28H26FN3O6/c1-35-23-8-7-17(11-24(23)36-2)9-10-32(28(34)31-21-6-4-3-5-20(21)29)15-19-12-18-13-25-26(38-16-37-25)14-22(18)30-27(19)33/h3-8,11-14H,9-10,15-16H2,1-2H3,(H,30,33)(H,31,34). The lowest BCUT2D eigenvalue weighted by atomic mass is 10.1. The number of benzene rings is 3. The van der Waals surface area contributed by atoms with Gasteiger partial charge in [0, 0.05) is 23.6 Å². The highest BCUT2D eigenvalue weighted by Crippen LogP contribution is 2.35. The molecule has 0 spiro atoms. The molecule has 1 aromatic heterocycles. The van der Waals surface area contributed by atoms with Crippen molar-refractivity contribution >= 4 is 22.6 Å². The first-order valence-electron chi connectivity index (χ1n) is 11.9. The van der Waals surface area contributed by atoms with Crippen LogP contribution in [0, 0.1) is 5.82 Å². The number of amides is 2. The number of urea groups is 1. The van der Waals surface area contributed by atoms with Crippen LogP contribution in [0.5, 0.6) is 23.0 Å². The van der Waals surface area contributed by atoms with E-state index in [2.05, 4.69) is 10.3 Å². The number of halogens is 1. The van der Waals surface area contributed by atoms with Crippen LogP contribution in [0.15, 0.2) is 65.5 Å². The van der Waals surface area contributed by atoms with Gasteiger partial charge in [0.25, 0.3) is 5.56 Å². The van der Waals surface area contributed by atoms with E-state index in [-0.39, 0.29) is 31.1 Å². The molecule has 0 bridgehead atoms. The Balaban J connectivity index is 1.43. The van der Waals surface area contributed by atoms with Crippen molar-refractivity contribution < 1.29 is 28.1 Å². The van der Waals surface area contributed by atoms with E-state index >= 15 is 0 Å². The Hall–Kier alpha value is -4.73. The second-order valence-corrected chi connectivity index (χ2v) is 8.69. The number of carbonyl (C=O) groups is 1. The van der Waals surface area contributed by atoms with Gasteiger partial charge in [-0.2, -0.15) is 0 Å². The fraction of sp³-hybridized carbons (Fsp3) is 0.214. The van der Waals surface area contributed by atoms with Gasteiger partial charge in [0.05, 0.1) is 32.0 Å². The maximum atomic E-state index is 14.3. The number of hydrogen-bond donors (Lipinski definition) is 2. The number of nitrogens with one attached hydrogen (secondary N) is 2. The summed E-state index contributed by atoms with van der Waals surface area (Å²) in [6.45, 7) is 0.352. The summed E-state index contributed by atoms with van der Waals surface area (Å²) < 4.78 is 35.8. The maximum absolute atomic E-state index is 14.3. The highest BCUT2D eigenvalue weighted by molar-refractivity contribution is 5.89. The van der Waals surface area contributed by atoms with Crippen molar-refractivity contribution in [3.8, 4) is 23.0 Å². The van der Waals surface area contributed by atoms with E-state index in [1.807, 2.05) is 12.1 Å². The first kappa shape index (κ1) is 24.9. The largest absolute Gasteiger partial charge is 0.493 e. The summed E-state index contributed by atoms with van der Waals surface area (Å²) in [5, 5.41) is 3.35. The van der Waals surface area contributed by atoms with Crippen LogP contribution >= 0.6 is 0 Å². The summed E-state index contributed by atoms with van der Waals surface area (Å²) in [4.78, 5) is 30.6. The summed E-state index contributed by atoms with van der Waals surface area (Å²) in [5.41, 5.74) is 1.56. The van der Waals surface area contributed by atoms with Crippen LogP contribution in [0.25, 0.3) is 10.9 Å². The highest BCUT2D eigenvalue weighted by atomic mass is 19.1. The van der Waals surface area contributed by atoms with Crippen LogP contribution in [-0.4, -0.2) is 43.5 Å². The first-order chi connectivity index (χ1) is 18.4. The van der Waals surface area contributed by atoms with Gasteiger partial charge in [-0.3, -0.25) is 4.79 Å². The molecule has 0 saturated carbocycles. The molecule has 0 aliphatic carbocycles. The van der Waals surface area contributed by atoms with Crippen molar-refractivity contribution in [3.05, 3.63) is 88.0 Å². The predicted molar refractivity (Wildman–Crippen MR) is 140 cm³/mol. The first-order valence-corrected chi connectivity index (χ1v) is 11.9. The Bertz CT molecular complexity index is 1550. The van der Waals surface area contributed by atoms with Gasteiger partial charge in [-0.15, -0.1) is 0 Å². The maximum Gasteiger partial charge on any atom is 0.322 e. The van der Waals surface area contributed by atoms with Crippen LogP contribution in [0.1, 0.15) is 11.1 Å². The zero-order chi connectivity index (χ0) is 26.6. The zero-order valence-corrected chi connectivity index (χ0v) is 20.9. The Morgan fingerprint density at radius 2 is 1.79 bits per heavy atom. The molecule has 1 aliphatic heterocycles. The lowest BCUT2D eigenvalue weighted by molar-refractivity contribution is 0.174. The van der Waals surface area contributed by atoms with Gasteiger partial charge in [0.15, 0.2) is 23.0 Å². The summed E-state index contributed by atoms with van der Waals surface area (Å²) in [6.07, 6.45) is 0.454. The molecule has 2 amide bonds. The van der Waals surface area contributed by atoms with Gasteiger partial charge in [-0.1, -0.05) is 18.2 Å². The van der Waals surface area contributed by atoms with Gasteiger partial charge in [-0.25, -0.2) is 9.18 Å². The third-order valence-electron chi connectivity index (χ3n) is 6.30. The normalized spacial score (nSPS) is 11.9. The van der Waals surface area contributed by atoms with Gasteiger partial charge < -0.3 is 34.1 Å². The monoisotopic (exact) mass is 519 g/mol. The number of H-pyrrole nitrogens is 1. The molecule has 0 atom stereocenters. The van der Waals surface area contributed by atoms with E-state index in [1.54, 1.807) is 50.6 Å². The average Bonchev–Trinajstić information content (AvgIpc) is 3.38. The van der Waals surface area contributed by atoms with Gasteiger partial charge >= 0.3 is 6.03 Å². The molecule has 0 radical (unpaired) electrons. The number of rotatable bonds is 8. The number of anilines is 1. The molecule has 2 N–H and O–H groups in total. The van der Waals surface area contributed by atoms with E-state index < -0.39 is 11.8 Å². The number of aromatic amines is 1. The van der Waals surface area contributed by atoms with Gasteiger partial charge in [-0.05, 0) is 48.4 Å². The van der Waals surface area contributed by atoms with Crippen molar-refractivity contribution in [1.29, 1.82) is 0 Å². The fourth-order valence-electron chi connectivity index (χ4n) is 4.27. The summed E-state index contributed by atoms with van der Waals surface area (Å²) >= 11 is 0. The molecule has 2 heterocycles. The average molecular weight is 520 g/mol. The summed E-state index contributed by atoms with van der Waals surface area (Å²) in [6, 6.07) is 16.1. The van der Waals surface area contributed by atoms with E-state index in [0.717, 1.165) is 10.9 Å². The topological polar surface area (TPSA) is 102 Å². The van der Waals surface area contributed by atoms with Crippen LogP contribution < -0.4 is 29.8 Å². The van der Waals surface area contributed by atoms with E-state index in [9.17, 15) is 14.0 Å². The lowest BCUT2D eigenvalue weighted by Gasteiger charge is -2.23.